The van der Waals surface area contributed by atoms with Crippen LogP contribution in [0.5, 0.6) is 11.5 Å². The Morgan fingerprint density at radius 3 is 2.79 bits per heavy atom. The number of ether oxygens (including phenoxy) is 1. The molecule has 0 fully saturated rings. The van der Waals surface area contributed by atoms with Crippen LogP contribution in [0.3, 0.4) is 0 Å². The van der Waals surface area contributed by atoms with Crippen molar-refractivity contribution in [2.45, 2.75) is 51.5 Å². The van der Waals surface area contributed by atoms with Gasteiger partial charge in [-0.3, -0.25) is 9.52 Å². The molecule has 0 unspecified atom stereocenters. The summed E-state index contributed by atoms with van der Waals surface area (Å²) in [6.45, 7) is 7.10. The molecule has 2 heterocycles. The van der Waals surface area contributed by atoms with Crippen molar-refractivity contribution in [3.8, 4) is 22.9 Å². The molecule has 0 amide bonds. The number of benzene rings is 2. The number of rotatable bonds is 10. The Morgan fingerprint density at radius 2 is 2.03 bits per heavy atom. The Labute approximate surface area is 202 Å². The standard InChI is InChI=1S/C25H29N5O3S/c1-4-7-22-27-16(3)23-25(32)28-24(29-30(22)23)20-14-19(10-11-21(20)33-12-5-2)34-26-15-17-8-6-9-18(31)13-17/h6,8-11,13-14,26,31H,4-5,7,12,15H2,1-3H3,(H,28,29,32). The number of aromatic amines is 1. The van der Waals surface area contributed by atoms with E-state index in [1.54, 1.807) is 16.6 Å². The summed E-state index contributed by atoms with van der Waals surface area (Å²) >= 11 is 1.46. The van der Waals surface area contributed by atoms with E-state index in [1.165, 1.54) is 11.9 Å². The Bertz CT molecular complexity index is 1350. The highest BCUT2D eigenvalue weighted by molar-refractivity contribution is 7.97. The zero-order valence-corrected chi connectivity index (χ0v) is 20.4. The number of nitrogens with one attached hydrogen (secondary N) is 2. The number of aromatic nitrogens is 4. The van der Waals surface area contributed by atoms with Gasteiger partial charge in [0.1, 0.15) is 17.3 Å². The van der Waals surface area contributed by atoms with Gasteiger partial charge in [0.15, 0.2) is 11.3 Å². The molecule has 0 aliphatic carbocycles. The lowest BCUT2D eigenvalue weighted by Crippen LogP contribution is -2.16. The lowest BCUT2D eigenvalue weighted by molar-refractivity contribution is 0.318. The van der Waals surface area contributed by atoms with Crippen LogP contribution in [-0.2, 0) is 13.0 Å². The van der Waals surface area contributed by atoms with Crippen LogP contribution in [0.2, 0.25) is 0 Å². The van der Waals surface area contributed by atoms with Gasteiger partial charge in [-0.1, -0.05) is 26.0 Å². The van der Waals surface area contributed by atoms with Gasteiger partial charge in [-0.05, 0) is 67.6 Å². The topological polar surface area (TPSA) is 105 Å². The van der Waals surface area contributed by atoms with E-state index in [1.807, 2.05) is 44.2 Å². The molecule has 2 aromatic heterocycles. The van der Waals surface area contributed by atoms with Crippen LogP contribution in [0.4, 0.5) is 0 Å². The maximum Gasteiger partial charge on any atom is 0.277 e. The van der Waals surface area contributed by atoms with Crippen molar-refractivity contribution in [1.82, 2.24) is 24.3 Å². The van der Waals surface area contributed by atoms with Crippen molar-refractivity contribution in [1.29, 1.82) is 0 Å². The first kappa shape index (κ1) is 23.8. The number of aromatic hydroxyl groups is 1. The summed E-state index contributed by atoms with van der Waals surface area (Å²) in [5, 5.41) is 14.4. The summed E-state index contributed by atoms with van der Waals surface area (Å²) in [5.74, 6) is 2.12. The first-order valence-corrected chi connectivity index (χ1v) is 12.2. The van der Waals surface area contributed by atoms with Crippen LogP contribution in [0.15, 0.2) is 52.2 Å². The first-order valence-electron chi connectivity index (χ1n) is 11.4. The average molecular weight is 480 g/mol. The number of imidazole rings is 1. The van der Waals surface area contributed by atoms with E-state index in [2.05, 4.69) is 21.6 Å². The van der Waals surface area contributed by atoms with Crippen LogP contribution >= 0.6 is 11.9 Å². The normalized spacial score (nSPS) is 11.3. The van der Waals surface area contributed by atoms with Crippen LogP contribution in [0, 0.1) is 6.92 Å². The first-order chi connectivity index (χ1) is 16.5. The van der Waals surface area contributed by atoms with Crippen molar-refractivity contribution in [2.75, 3.05) is 6.61 Å². The van der Waals surface area contributed by atoms with E-state index < -0.39 is 0 Å². The second kappa shape index (κ2) is 10.8. The molecular weight excluding hydrogens is 450 g/mol. The Morgan fingerprint density at radius 1 is 1.18 bits per heavy atom. The highest BCUT2D eigenvalue weighted by Crippen LogP contribution is 2.32. The van der Waals surface area contributed by atoms with Crippen molar-refractivity contribution in [2.24, 2.45) is 0 Å². The largest absolute Gasteiger partial charge is 0.508 e. The molecule has 178 valence electrons. The minimum absolute atomic E-state index is 0.223. The second-order valence-corrected chi connectivity index (χ2v) is 8.99. The molecule has 0 atom stereocenters. The quantitative estimate of drug-likeness (QED) is 0.285. The lowest BCUT2D eigenvalue weighted by atomic mass is 10.2. The van der Waals surface area contributed by atoms with Gasteiger partial charge in [0.05, 0.1) is 17.9 Å². The van der Waals surface area contributed by atoms with Crippen molar-refractivity contribution < 1.29 is 9.84 Å². The van der Waals surface area contributed by atoms with Gasteiger partial charge in [0.2, 0.25) is 0 Å². The van der Waals surface area contributed by atoms with Gasteiger partial charge in [-0.25, -0.2) is 9.50 Å². The summed E-state index contributed by atoms with van der Waals surface area (Å²) in [5.41, 5.74) is 2.61. The minimum atomic E-state index is -0.223. The monoisotopic (exact) mass is 479 g/mol. The molecule has 0 bridgehead atoms. The molecule has 0 saturated carbocycles. The zero-order chi connectivity index (χ0) is 24.1. The molecule has 3 N–H and O–H groups in total. The number of aryl methyl sites for hydroxylation is 2. The van der Waals surface area contributed by atoms with E-state index in [9.17, 15) is 9.90 Å². The molecule has 0 spiro atoms. The number of phenols is 1. The molecule has 2 aromatic carbocycles. The average Bonchev–Trinajstić information content (AvgIpc) is 3.14. The van der Waals surface area contributed by atoms with Gasteiger partial charge < -0.3 is 14.8 Å². The predicted octanol–water partition coefficient (Wildman–Crippen LogP) is 4.64. The van der Waals surface area contributed by atoms with E-state index in [4.69, 9.17) is 9.84 Å². The number of fused-ring (bicyclic) bond motifs is 1. The SMILES string of the molecule is CCCOc1ccc(SNCc2cccc(O)c2)cc1-c1nn2c(CCC)nc(C)c2c(=O)[nH]1. The van der Waals surface area contributed by atoms with E-state index in [0.29, 0.717) is 41.5 Å². The van der Waals surface area contributed by atoms with Gasteiger partial charge in [-0.2, -0.15) is 0 Å². The van der Waals surface area contributed by atoms with Crippen LogP contribution in [0.1, 0.15) is 43.8 Å². The maximum absolute atomic E-state index is 12.9. The lowest BCUT2D eigenvalue weighted by Gasteiger charge is -2.13. The summed E-state index contributed by atoms with van der Waals surface area (Å²) in [4.78, 5) is 21.4. The van der Waals surface area contributed by atoms with Crippen LogP contribution < -0.4 is 15.0 Å². The molecule has 4 aromatic rings. The van der Waals surface area contributed by atoms with Gasteiger partial charge in [-0.15, -0.1) is 5.10 Å². The Kier molecular flexibility index (Phi) is 7.54. The highest BCUT2D eigenvalue weighted by Gasteiger charge is 2.17. The van der Waals surface area contributed by atoms with Gasteiger partial charge in [0, 0.05) is 17.9 Å². The number of hydrogen-bond acceptors (Lipinski definition) is 7. The third-order valence-corrected chi connectivity index (χ3v) is 6.04. The van der Waals surface area contributed by atoms with Crippen LogP contribution in [-0.4, -0.2) is 31.3 Å². The van der Waals surface area contributed by atoms with E-state index >= 15 is 0 Å². The fraction of sp³-hybridized carbons (Fsp3) is 0.320. The third kappa shape index (κ3) is 5.26. The Balaban J connectivity index is 1.68. The van der Waals surface area contributed by atoms with E-state index in [0.717, 1.165) is 35.5 Å². The molecule has 34 heavy (non-hydrogen) atoms. The molecule has 0 radical (unpaired) electrons. The second-order valence-electron chi connectivity index (χ2n) is 8.03. The Hall–Kier alpha value is -3.30. The molecule has 9 heteroatoms. The van der Waals surface area contributed by atoms with Gasteiger partial charge in [0.25, 0.3) is 5.56 Å². The molecule has 0 aliphatic heterocycles. The summed E-state index contributed by atoms with van der Waals surface area (Å²) in [7, 11) is 0. The molecule has 0 aliphatic rings. The summed E-state index contributed by atoms with van der Waals surface area (Å²) in [6, 6.07) is 13.0. The number of H-pyrrole nitrogens is 1. The van der Waals surface area contributed by atoms with Crippen LogP contribution in [0.25, 0.3) is 16.9 Å². The molecular formula is C25H29N5O3S. The predicted molar refractivity (Wildman–Crippen MR) is 134 cm³/mol. The van der Waals surface area contributed by atoms with Crippen molar-refractivity contribution in [3.63, 3.8) is 0 Å². The molecule has 8 nitrogen and oxygen atoms in total. The zero-order valence-electron chi connectivity index (χ0n) is 19.6. The smallest absolute Gasteiger partial charge is 0.277 e. The minimum Gasteiger partial charge on any atom is -0.508 e. The number of phenolic OH excluding ortho intramolecular Hbond substituents is 1. The van der Waals surface area contributed by atoms with Crippen molar-refractivity contribution >= 4 is 17.5 Å². The van der Waals surface area contributed by atoms with Gasteiger partial charge >= 0.3 is 0 Å². The maximum atomic E-state index is 12.9. The summed E-state index contributed by atoms with van der Waals surface area (Å²) < 4.78 is 11.0. The highest BCUT2D eigenvalue weighted by atomic mass is 32.2. The van der Waals surface area contributed by atoms with Crippen molar-refractivity contribution in [3.05, 3.63) is 69.9 Å². The molecule has 4 rings (SSSR count). The number of nitrogens with zero attached hydrogens (tertiary/aromatic N) is 3. The third-order valence-electron chi connectivity index (χ3n) is 5.26. The summed E-state index contributed by atoms with van der Waals surface area (Å²) in [6.07, 6.45) is 2.51. The fourth-order valence-corrected chi connectivity index (χ4v) is 4.43. The molecule has 0 saturated heterocycles. The van der Waals surface area contributed by atoms with E-state index in [-0.39, 0.29) is 11.3 Å². The number of hydrogen-bond donors (Lipinski definition) is 3. The fourth-order valence-electron chi connectivity index (χ4n) is 3.71.